The van der Waals surface area contributed by atoms with E-state index in [1.54, 1.807) is 6.33 Å². The summed E-state index contributed by atoms with van der Waals surface area (Å²) in [5.41, 5.74) is 7.35. The van der Waals surface area contributed by atoms with E-state index in [9.17, 15) is 5.11 Å². The van der Waals surface area contributed by atoms with Gasteiger partial charge in [-0.15, -0.1) is 0 Å². The van der Waals surface area contributed by atoms with Gasteiger partial charge in [0.25, 0.3) is 0 Å². The molecular formula is C14H20N6O2. The van der Waals surface area contributed by atoms with E-state index in [-0.39, 0.29) is 30.8 Å². The number of aliphatic hydroxyl groups excluding tert-OH is 1. The minimum Gasteiger partial charge on any atom is -0.394 e. The summed E-state index contributed by atoms with van der Waals surface area (Å²) in [5.74, 6) is 1.33. The summed E-state index contributed by atoms with van der Waals surface area (Å²) in [4.78, 5) is 15.4. The summed E-state index contributed by atoms with van der Waals surface area (Å²) in [6.45, 7) is 4.08. The molecule has 8 heteroatoms. The van der Waals surface area contributed by atoms with E-state index in [0.29, 0.717) is 5.65 Å². The molecule has 2 aromatic rings. The first-order chi connectivity index (χ1) is 10.7. The molecule has 2 saturated heterocycles. The van der Waals surface area contributed by atoms with Gasteiger partial charge in [0, 0.05) is 19.0 Å². The van der Waals surface area contributed by atoms with E-state index >= 15 is 0 Å². The lowest BCUT2D eigenvalue weighted by atomic mass is 10.1. The average molecular weight is 304 g/mol. The van der Waals surface area contributed by atoms with Gasteiger partial charge in [0.15, 0.2) is 17.0 Å². The van der Waals surface area contributed by atoms with Crippen LogP contribution in [0, 0.1) is 5.92 Å². The van der Waals surface area contributed by atoms with Crippen LogP contribution < -0.4 is 10.6 Å². The Balaban J connectivity index is 1.78. The Morgan fingerprint density at radius 3 is 2.86 bits per heavy atom. The third-order valence-corrected chi connectivity index (χ3v) is 4.51. The van der Waals surface area contributed by atoms with E-state index in [4.69, 9.17) is 10.5 Å². The number of hydrogen-bond donors (Lipinski definition) is 2. The number of nitrogen functional groups attached to an aromatic ring is 1. The van der Waals surface area contributed by atoms with Crippen LogP contribution in [0.15, 0.2) is 6.33 Å². The quantitative estimate of drug-likeness (QED) is 0.853. The van der Waals surface area contributed by atoms with Crippen molar-refractivity contribution in [2.75, 3.05) is 30.3 Å². The number of nitrogens with two attached hydrogens (primary N) is 1. The fourth-order valence-corrected chi connectivity index (χ4v) is 3.23. The second kappa shape index (κ2) is 5.06. The van der Waals surface area contributed by atoms with Crippen LogP contribution in [-0.2, 0) is 4.74 Å². The largest absolute Gasteiger partial charge is 0.394 e. The number of ether oxygens (including phenoxy) is 1. The second-order valence-electron chi connectivity index (χ2n) is 6.11. The first-order valence-corrected chi connectivity index (χ1v) is 7.68. The van der Waals surface area contributed by atoms with E-state index in [1.807, 2.05) is 4.57 Å². The lowest BCUT2D eigenvalue weighted by Gasteiger charge is -2.32. The zero-order chi connectivity index (χ0) is 15.3. The first-order valence-electron chi connectivity index (χ1n) is 7.68. The predicted octanol–water partition coefficient (Wildman–Crippen LogP) is 0.534. The van der Waals surface area contributed by atoms with Crippen molar-refractivity contribution in [1.29, 1.82) is 0 Å². The Morgan fingerprint density at radius 1 is 1.41 bits per heavy atom. The monoisotopic (exact) mass is 304 g/mol. The van der Waals surface area contributed by atoms with Crippen molar-refractivity contribution in [2.24, 2.45) is 5.92 Å². The molecule has 0 aromatic carbocycles. The number of anilines is 2. The normalized spacial score (nSPS) is 28.3. The molecule has 118 valence electrons. The predicted molar refractivity (Wildman–Crippen MR) is 81.3 cm³/mol. The molecule has 4 rings (SSSR count). The van der Waals surface area contributed by atoms with Gasteiger partial charge in [-0.3, -0.25) is 4.57 Å². The molecule has 3 N–H and O–H groups in total. The molecular weight excluding hydrogens is 284 g/mol. The van der Waals surface area contributed by atoms with Crippen molar-refractivity contribution in [2.45, 2.75) is 32.1 Å². The van der Waals surface area contributed by atoms with Crippen LogP contribution >= 0.6 is 0 Å². The minimum atomic E-state index is -0.180. The van der Waals surface area contributed by atoms with Crippen LogP contribution in [0.25, 0.3) is 11.2 Å². The Labute approximate surface area is 127 Å². The summed E-state index contributed by atoms with van der Waals surface area (Å²) >= 11 is 0. The molecule has 8 nitrogen and oxygen atoms in total. The standard InChI is InChI=1S/C14H20N6O2/c1-8-5-9(6-21)22-13(8)20-7-16-10-11(19-3-2-4-19)17-14(15)18-12(10)20/h7-9,13,21H,2-6H2,1H3,(H2,15,17,18). The third-order valence-electron chi connectivity index (χ3n) is 4.51. The van der Waals surface area contributed by atoms with Crippen molar-refractivity contribution in [3.63, 3.8) is 0 Å². The van der Waals surface area contributed by atoms with Crippen LogP contribution in [-0.4, -0.2) is 50.4 Å². The number of nitrogens with zero attached hydrogens (tertiary/aromatic N) is 5. The summed E-state index contributed by atoms with van der Waals surface area (Å²) < 4.78 is 7.83. The zero-order valence-corrected chi connectivity index (χ0v) is 12.5. The molecule has 0 spiro atoms. The van der Waals surface area contributed by atoms with Gasteiger partial charge in [-0.25, -0.2) is 4.98 Å². The number of aliphatic hydroxyl groups is 1. The summed E-state index contributed by atoms with van der Waals surface area (Å²) in [5, 5.41) is 9.31. The topological polar surface area (TPSA) is 102 Å². The van der Waals surface area contributed by atoms with Gasteiger partial charge in [-0.05, 0) is 12.8 Å². The summed E-state index contributed by atoms with van der Waals surface area (Å²) in [6, 6.07) is 0. The Bertz CT molecular complexity index is 698. The SMILES string of the molecule is CC1CC(CO)OC1n1cnc2c(N3CCC3)nc(N)nc21. The fourth-order valence-electron chi connectivity index (χ4n) is 3.23. The van der Waals surface area contributed by atoms with Gasteiger partial charge in [-0.1, -0.05) is 6.92 Å². The molecule has 3 atom stereocenters. The molecule has 2 aliphatic heterocycles. The van der Waals surface area contributed by atoms with Crippen LogP contribution in [0.5, 0.6) is 0 Å². The van der Waals surface area contributed by atoms with Crippen molar-refractivity contribution in [3.8, 4) is 0 Å². The van der Waals surface area contributed by atoms with Crippen LogP contribution in [0.1, 0.15) is 26.0 Å². The highest BCUT2D eigenvalue weighted by atomic mass is 16.5. The second-order valence-corrected chi connectivity index (χ2v) is 6.11. The Hall–Kier alpha value is -1.93. The Morgan fingerprint density at radius 2 is 2.23 bits per heavy atom. The Kier molecular flexibility index (Phi) is 3.16. The van der Waals surface area contributed by atoms with Gasteiger partial charge in [-0.2, -0.15) is 9.97 Å². The smallest absolute Gasteiger partial charge is 0.224 e. The van der Waals surface area contributed by atoms with Crippen LogP contribution in [0.4, 0.5) is 11.8 Å². The number of rotatable bonds is 3. The molecule has 0 radical (unpaired) electrons. The molecule has 2 fully saturated rings. The maximum Gasteiger partial charge on any atom is 0.224 e. The van der Waals surface area contributed by atoms with Gasteiger partial charge in [0.1, 0.15) is 6.23 Å². The molecule has 2 aliphatic rings. The van der Waals surface area contributed by atoms with Crippen LogP contribution in [0.3, 0.4) is 0 Å². The van der Waals surface area contributed by atoms with Gasteiger partial charge >= 0.3 is 0 Å². The number of aromatic nitrogens is 4. The lowest BCUT2D eigenvalue weighted by molar-refractivity contribution is -0.0294. The average Bonchev–Trinajstić information content (AvgIpc) is 3.00. The zero-order valence-electron chi connectivity index (χ0n) is 12.5. The number of hydrogen-bond acceptors (Lipinski definition) is 7. The molecule has 0 amide bonds. The summed E-state index contributed by atoms with van der Waals surface area (Å²) in [7, 11) is 0. The van der Waals surface area contributed by atoms with Crippen molar-refractivity contribution in [1.82, 2.24) is 19.5 Å². The van der Waals surface area contributed by atoms with E-state index in [2.05, 4.69) is 26.8 Å². The van der Waals surface area contributed by atoms with Crippen LogP contribution in [0.2, 0.25) is 0 Å². The van der Waals surface area contributed by atoms with Crippen molar-refractivity contribution < 1.29 is 9.84 Å². The van der Waals surface area contributed by atoms with Crippen molar-refractivity contribution in [3.05, 3.63) is 6.33 Å². The first kappa shape index (κ1) is 13.7. The summed E-state index contributed by atoms with van der Waals surface area (Å²) in [6.07, 6.45) is 3.41. The van der Waals surface area contributed by atoms with Crippen molar-refractivity contribution >= 4 is 22.9 Å². The lowest BCUT2D eigenvalue weighted by Crippen LogP contribution is -2.38. The highest BCUT2D eigenvalue weighted by molar-refractivity contribution is 5.85. The maximum absolute atomic E-state index is 9.31. The third kappa shape index (κ3) is 2.02. The molecule has 0 bridgehead atoms. The highest BCUT2D eigenvalue weighted by Crippen LogP contribution is 2.36. The minimum absolute atomic E-state index is 0.0314. The highest BCUT2D eigenvalue weighted by Gasteiger charge is 2.34. The molecule has 0 saturated carbocycles. The molecule has 3 unspecified atom stereocenters. The van der Waals surface area contributed by atoms with E-state index in [0.717, 1.165) is 37.3 Å². The van der Waals surface area contributed by atoms with Gasteiger partial charge in [0.05, 0.1) is 19.0 Å². The van der Waals surface area contributed by atoms with Gasteiger partial charge in [0.2, 0.25) is 5.95 Å². The molecule has 22 heavy (non-hydrogen) atoms. The molecule has 4 heterocycles. The number of fused-ring (bicyclic) bond motifs is 1. The van der Waals surface area contributed by atoms with Gasteiger partial charge < -0.3 is 20.5 Å². The molecule has 0 aliphatic carbocycles. The maximum atomic E-state index is 9.31. The molecule has 2 aromatic heterocycles. The van der Waals surface area contributed by atoms with E-state index < -0.39 is 0 Å². The fraction of sp³-hybridized carbons (Fsp3) is 0.643. The van der Waals surface area contributed by atoms with E-state index in [1.165, 1.54) is 0 Å². The number of imidazole rings is 1.